The number of carbonyl (C=O) groups excluding carboxylic acids is 2. The van der Waals surface area contributed by atoms with E-state index in [0.717, 1.165) is 16.3 Å². The molecule has 0 bridgehead atoms. The lowest BCUT2D eigenvalue weighted by Gasteiger charge is -2.32. The minimum Gasteiger partial charge on any atom is -0.354 e. The Bertz CT molecular complexity index is 1110. The van der Waals surface area contributed by atoms with Gasteiger partial charge in [-0.15, -0.1) is 0 Å². The Hall–Kier alpha value is -2.13. The van der Waals surface area contributed by atoms with Crippen molar-refractivity contribution in [1.29, 1.82) is 0 Å². The van der Waals surface area contributed by atoms with Crippen LogP contribution in [-0.2, 0) is 26.2 Å². The third-order valence-electron chi connectivity index (χ3n) is 5.38. The number of hydrogen-bond donors (Lipinski definition) is 1. The van der Waals surface area contributed by atoms with Gasteiger partial charge in [-0.05, 0) is 49.6 Å². The fourth-order valence-corrected chi connectivity index (χ4v) is 4.96. The SMILES string of the molecule is CCCNC(=O)[C@H](CC)N(Cc1ccc(Cl)cc1Cl)C(=O)CN(C)S(=O)(=O)c1ccc(C)cc1. The molecule has 0 aliphatic rings. The first-order valence-electron chi connectivity index (χ1n) is 11.0. The summed E-state index contributed by atoms with van der Waals surface area (Å²) in [5.74, 6) is -0.811. The Balaban J connectivity index is 2.34. The number of hydrogen-bond acceptors (Lipinski definition) is 4. The second-order valence-corrected chi connectivity index (χ2v) is 10.9. The molecule has 0 aliphatic carbocycles. The molecule has 34 heavy (non-hydrogen) atoms. The molecular weight excluding hydrogens is 497 g/mol. The van der Waals surface area contributed by atoms with Gasteiger partial charge in [0.25, 0.3) is 0 Å². The fourth-order valence-electron chi connectivity index (χ4n) is 3.38. The summed E-state index contributed by atoms with van der Waals surface area (Å²) in [5, 5.41) is 3.63. The molecule has 0 spiro atoms. The van der Waals surface area contributed by atoms with E-state index in [-0.39, 0.29) is 17.3 Å². The normalized spacial score (nSPS) is 12.4. The van der Waals surface area contributed by atoms with Crippen molar-refractivity contribution in [3.8, 4) is 0 Å². The molecule has 10 heteroatoms. The van der Waals surface area contributed by atoms with Crippen LogP contribution < -0.4 is 5.32 Å². The Morgan fingerprint density at radius 3 is 2.26 bits per heavy atom. The van der Waals surface area contributed by atoms with Gasteiger partial charge in [-0.25, -0.2) is 8.42 Å². The van der Waals surface area contributed by atoms with Crippen molar-refractivity contribution in [3.63, 3.8) is 0 Å². The molecule has 0 aliphatic heterocycles. The van der Waals surface area contributed by atoms with E-state index in [1.165, 1.54) is 24.1 Å². The number of rotatable bonds is 11. The molecular formula is C24H31Cl2N3O4S. The first kappa shape index (κ1) is 28.1. The van der Waals surface area contributed by atoms with E-state index >= 15 is 0 Å². The van der Waals surface area contributed by atoms with Gasteiger partial charge in [0, 0.05) is 30.2 Å². The largest absolute Gasteiger partial charge is 0.354 e. The van der Waals surface area contributed by atoms with Crippen LogP contribution in [0, 0.1) is 6.92 Å². The number of likely N-dealkylation sites (N-methyl/N-ethyl adjacent to an activating group) is 1. The van der Waals surface area contributed by atoms with Crippen LogP contribution in [0.3, 0.4) is 0 Å². The van der Waals surface area contributed by atoms with Crippen molar-refractivity contribution in [1.82, 2.24) is 14.5 Å². The lowest BCUT2D eigenvalue weighted by Crippen LogP contribution is -2.51. The van der Waals surface area contributed by atoms with Crippen LogP contribution in [0.15, 0.2) is 47.4 Å². The number of benzene rings is 2. The van der Waals surface area contributed by atoms with E-state index in [2.05, 4.69) is 5.32 Å². The van der Waals surface area contributed by atoms with E-state index in [9.17, 15) is 18.0 Å². The summed E-state index contributed by atoms with van der Waals surface area (Å²) in [6, 6.07) is 10.5. The Morgan fingerprint density at radius 2 is 1.71 bits per heavy atom. The van der Waals surface area contributed by atoms with Crippen LogP contribution in [0.1, 0.15) is 37.8 Å². The molecule has 1 N–H and O–H groups in total. The highest BCUT2D eigenvalue weighted by atomic mass is 35.5. The summed E-state index contributed by atoms with van der Waals surface area (Å²) in [4.78, 5) is 27.7. The van der Waals surface area contributed by atoms with Crippen molar-refractivity contribution in [2.75, 3.05) is 20.1 Å². The molecule has 7 nitrogen and oxygen atoms in total. The predicted octanol–water partition coefficient (Wildman–Crippen LogP) is 4.26. The number of nitrogens with one attached hydrogen (secondary N) is 1. The zero-order valence-corrected chi connectivity index (χ0v) is 22.2. The van der Waals surface area contributed by atoms with Crippen LogP contribution in [0.4, 0.5) is 0 Å². The van der Waals surface area contributed by atoms with Gasteiger partial charge < -0.3 is 10.2 Å². The molecule has 0 unspecified atom stereocenters. The maximum atomic E-state index is 13.4. The highest BCUT2D eigenvalue weighted by molar-refractivity contribution is 7.89. The van der Waals surface area contributed by atoms with Crippen LogP contribution in [0.25, 0.3) is 0 Å². The van der Waals surface area contributed by atoms with Gasteiger partial charge in [0.15, 0.2) is 0 Å². The first-order chi connectivity index (χ1) is 16.0. The van der Waals surface area contributed by atoms with Crippen molar-refractivity contribution < 1.29 is 18.0 Å². The number of sulfonamides is 1. The maximum absolute atomic E-state index is 13.4. The van der Waals surface area contributed by atoms with Crippen LogP contribution in [0.5, 0.6) is 0 Å². The van der Waals surface area contributed by atoms with Crippen LogP contribution in [0.2, 0.25) is 10.0 Å². The van der Waals surface area contributed by atoms with Gasteiger partial charge in [0.1, 0.15) is 6.04 Å². The molecule has 2 aromatic rings. The van der Waals surface area contributed by atoms with Crippen molar-refractivity contribution in [2.45, 2.75) is 51.1 Å². The maximum Gasteiger partial charge on any atom is 0.243 e. The van der Waals surface area contributed by atoms with Crippen molar-refractivity contribution in [3.05, 3.63) is 63.6 Å². The summed E-state index contributed by atoms with van der Waals surface area (Å²) in [6.45, 7) is 5.66. The monoisotopic (exact) mass is 527 g/mol. The van der Waals surface area contributed by atoms with Crippen molar-refractivity contribution in [2.24, 2.45) is 0 Å². The van der Waals surface area contributed by atoms with E-state index in [0.29, 0.717) is 28.6 Å². The summed E-state index contributed by atoms with van der Waals surface area (Å²) in [6.07, 6.45) is 1.09. The molecule has 186 valence electrons. The average molecular weight is 529 g/mol. The highest BCUT2D eigenvalue weighted by Gasteiger charge is 2.32. The molecule has 0 aromatic heterocycles. The second-order valence-electron chi connectivity index (χ2n) is 8.05. The summed E-state index contributed by atoms with van der Waals surface area (Å²) < 4.78 is 27.0. The lowest BCUT2D eigenvalue weighted by atomic mass is 10.1. The Kier molecular flexibility index (Phi) is 10.4. The summed E-state index contributed by atoms with van der Waals surface area (Å²) in [7, 11) is -2.55. The third-order valence-corrected chi connectivity index (χ3v) is 7.78. The standard InChI is InChI=1S/C24H31Cl2N3O4S/c1-5-13-27-24(31)22(6-2)29(15-18-9-10-19(25)14-21(18)26)23(30)16-28(4)34(32,33)20-11-7-17(3)8-12-20/h7-12,14,22H,5-6,13,15-16H2,1-4H3,(H,27,31)/t22-/m0/s1. The molecule has 2 amide bonds. The number of nitrogens with zero attached hydrogens (tertiary/aromatic N) is 2. The minimum absolute atomic E-state index is 0.0330. The van der Waals surface area contributed by atoms with Gasteiger partial charge in [-0.2, -0.15) is 4.31 Å². The zero-order valence-electron chi connectivity index (χ0n) is 19.8. The van der Waals surface area contributed by atoms with Gasteiger partial charge >= 0.3 is 0 Å². The van der Waals surface area contributed by atoms with E-state index in [1.54, 1.807) is 37.3 Å². The summed E-state index contributed by atoms with van der Waals surface area (Å²) >= 11 is 12.3. The van der Waals surface area contributed by atoms with E-state index in [1.807, 2.05) is 13.8 Å². The molecule has 2 aromatic carbocycles. The summed E-state index contributed by atoms with van der Waals surface area (Å²) in [5.41, 5.74) is 1.53. The van der Waals surface area contributed by atoms with Crippen LogP contribution in [-0.4, -0.2) is 55.6 Å². The molecule has 2 rings (SSSR count). The van der Waals surface area contributed by atoms with Gasteiger partial charge in [-0.1, -0.05) is 60.8 Å². The molecule has 0 fully saturated rings. The number of carbonyl (C=O) groups is 2. The minimum atomic E-state index is -3.90. The lowest BCUT2D eigenvalue weighted by molar-refractivity contribution is -0.141. The average Bonchev–Trinajstić information content (AvgIpc) is 2.79. The number of aryl methyl sites for hydroxylation is 1. The van der Waals surface area contributed by atoms with Crippen LogP contribution >= 0.6 is 23.2 Å². The molecule has 0 saturated heterocycles. The third kappa shape index (κ3) is 7.18. The van der Waals surface area contributed by atoms with Gasteiger partial charge in [0.2, 0.25) is 21.8 Å². The molecule has 1 atom stereocenters. The van der Waals surface area contributed by atoms with Crippen molar-refractivity contribution >= 4 is 45.0 Å². The van der Waals surface area contributed by atoms with E-state index in [4.69, 9.17) is 23.2 Å². The quantitative estimate of drug-likeness (QED) is 0.473. The second kappa shape index (κ2) is 12.5. The number of amides is 2. The Labute approximate surface area is 212 Å². The predicted molar refractivity (Wildman–Crippen MR) is 135 cm³/mol. The van der Waals surface area contributed by atoms with Gasteiger partial charge in [0.05, 0.1) is 11.4 Å². The van der Waals surface area contributed by atoms with Gasteiger partial charge in [-0.3, -0.25) is 9.59 Å². The zero-order chi connectivity index (χ0) is 25.5. The smallest absolute Gasteiger partial charge is 0.243 e. The van der Waals surface area contributed by atoms with E-state index < -0.39 is 28.5 Å². The number of halogens is 2. The topological polar surface area (TPSA) is 86.8 Å². The fraction of sp³-hybridized carbons (Fsp3) is 0.417. The Morgan fingerprint density at radius 1 is 1.06 bits per heavy atom. The molecule has 0 saturated carbocycles. The first-order valence-corrected chi connectivity index (χ1v) is 13.2. The highest BCUT2D eigenvalue weighted by Crippen LogP contribution is 2.24. The molecule has 0 radical (unpaired) electrons. The molecule has 0 heterocycles.